The average molecular weight is 350 g/mol. The molecule has 0 aromatic heterocycles. The van der Waals surface area contributed by atoms with Crippen LogP contribution in [0.1, 0.15) is 10.9 Å². The molecule has 5 heteroatoms. The Bertz CT molecular complexity index is 627. The maximum atomic E-state index is 12.1. The van der Waals surface area contributed by atoms with E-state index in [4.69, 9.17) is 0 Å². The Morgan fingerprint density at radius 2 is 1.75 bits per heavy atom. The minimum Gasteiger partial charge on any atom is -0.508 e. The van der Waals surface area contributed by atoms with E-state index in [-0.39, 0.29) is 17.0 Å². The second-order valence-corrected chi connectivity index (χ2v) is 6.48. The van der Waals surface area contributed by atoms with E-state index in [1.54, 1.807) is 40.9 Å². The van der Waals surface area contributed by atoms with E-state index in [0.29, 0.717) is 5.75 Å². The molecule has 2 aromatic rings. The Hall–Kier alpha value is -1.46. The molecule has 0 aliphatic carbocycles. The summed E-state index contributed by atoms with van der Waals surface area (Å²) in [6.45, 7) is 0. The molecule has 102 valence electrons. The molecule has 1 aliphatic rings. The molecule has 0 saturated carbocycles. The van der Waals surface area contributed by atoms with Gasteiger partial charge in [0.2, 0.25) is 5.91 Å². The number of rotatable bonds is 2. The topological polar surface area (TPSA) is 40.5 Å². The summed E-state index contributed by atoms with van der Waals surface area (Å²) in [6.07, 6.45) is 0. The fourth-order valence-corrected chi connectivity index (χ4v) is 3.63. The van der Waals surface area contributed by atoms with Crippen LogP contribution in [-0.2, 0) is 4.79 Å². The maximum Gasteiger partial charge on any atom is 0.238 e. The molecule has 1 heterocycles. The number of hydrogen-bond acceptors (Lipinski definition) is 3. The van der Waals surface area contributed by atoms with E-state index >= 15 is 0 Å². The van der Waals surface area contributed by atoms with Crippen LogP contribution in [-0.4, -0.2) is 16.8 Å². The van der Waals surface area contributed by atoms with Crippen molar-refractivity contribution in [2.75, 3.05) is 10.7 Å². The Morgan fingerprint density at radius 3 is 2.40 bits per heavy atom. The van der Waals surface area contributed by atoms with Crippen LogP contribution >= 0.6 is 27.7 Å². The first-order valence-corrected chi connectivity index (χ1v) is 7.97. The molecular weight excluding hydrogens is 338 g/mol. The molecule has 1 N–H and O–H groups in total. The zero-order chi connectivity index (χ0) is 14.1. The highest BCUT2D eigenvalue weighted by molar-refractivity contribution is 9.10. The summed E-state index contributed by atoms with van der Waals surface area (Å²) in [7, 11) is 0. The first kappa shape index (κ1) is 13.5. The van der Waals surface area contributed by atoms with Gasteiger partial charge in [0.15, 0.2) is 0 Å². The smallest absolute Gasteiger partial charge is 0.238 e. The largest absolute Gasteiger partial charge is 0.508 e. The zero-order valence-corrected chi connectivity index (χ0v) is 12.9. The summed E-state index contributed by atoms with van der Waals surface area (Å²) < 4.78 is 1.02. The lowest BCUT2D eigenvalue weighted by Gasteiger charge is -2.24. The molecule has 0 bridgehead atoms. The molecule has 3 nitrogen and oxygen atoms in total. The van der Waals surface area contributed by atoms with Crippen LogP contribution in [0.2, 0.25) is 0 Å². The lowest BCUT2D eigenvalue weighted by Crippen LogP contribution is -2.27. The number of carbonyl (C=O) groups is 1. The predicted octanol–water partition coefficient (Wildman–Crippen LogP) is 3.93. The predicted molar refractivity (Wildman–Crippen MR) is 84.9 cm³/mol. The number of phenols is 1. The van der Waals surface area contributed by atoms with Gasteiger partial charge in [-0.2, -0.15) is 0 Å². The molecule has 0 radical (unpaired) electrons. The summed E-state index contributed by atoms with van der Waals surface area (Å²) >= 11 is 5.03. The van der Waals surface area contributed by atoms with Crippen LogP contribution in [0, 0.1) is 0 Å². The van der Waals surface area contributed by atoms with Crippen LogP contribution in [0.3, 0.4) is 0 Å². The third-order valence-electron chi connectivity index (χ3n) is 3.15. The number of anilines is 1. The molecule has 2 aromatic carbocycles. The Morgan fingerprint density at radius 1 is 1.10 bits per heavy atom. The molecule has 1 saturated heterocycles. The van der Waals surface area contributed by atoms with Crippen molar-refractivity contribution in [1.29, 1.82) is 0 Å². The van der Waals surface area contributed by atoms with Gasteiger partial charge >= 0.3 is 0 Å². The van der Waals surface area contributed by atoms with Crippen LogP contribution in [0.25, 0.3) is 0 Å². The third kappa shape index (κ3) is 2.55. The number of phenolic OH excluding ortho intramolecular Hbond substituents is 1. The fraction of sp³-hybridized carbons (Fsp3) is 0.133. The molecule has 1 atom stereocenters. The van der Waals surface area contributed by atoms with Gasteiger partial charge < -0.3 is 5.11 Å². The van der Waals surface area contributed by atoms with Crippen LogP contribution in [0.15, 0.2) is 53.0 Å². The first-order valence-electron chi connectivity index (χ1n) is 6.13. The van der Waals surface area contributed by atoms with Gasteiger partial charge in [-0.25, -0.2) is 0 Å². The second-order valence-electron chi connectivity index (χ2n) is 4.50. The minimum atomic E-state index is -0.0138. The summed E-state index contributed by atoms with van der Waals surface area (Å²) in [5.41, 5.74) is 1.91. The van der Waals surface area contributed by atoms with E-state index in [2.05, 4.69) is 15.9 Å². The van der Waals surface area contributed by atoms with Crippen molar-refractivity contribution < 1.29 is 9.90 Å². The van der Waals surface area contributed by atoms with E-state index in [1.165, 1.54) is 0 Å². The van der Waals surface area contributed by atoms with Crippen molar-refractivity contribution in [3.63, 3.8) is 0 Å². The SMILES string of the molecule is O=C1CS[C@H](c2ccc(Br)cc2)N1c1ccc(O)cc1. The number of benzene rings is 2. The monoisotopic (exact) mass is 349 g/mol. The average Bonchev–Trinajstić information content (AvgIpc) is 2.83. The van der Waals surface area contributed by atoms with Gasteiger partial charge in [-0.3, -0.25) is 9.69 Å². The Kier molecular flexibility index (Phi) is 3.72. The highest BCUT2D eigenvalue weighted by Crippen LogP contribution is 2.42. The molecular formula is C15H12BrNO2S. The van der Waals surface area contributed by atoms with Crippen LogP contribution in [0.4, 0.5) is 5.69 Å². The van der Waals surface area contributed by atoms with Gasteiger partial charge in [0, 0.05) is 10.2 Å². The number of hydrogen-bond donors (Lipinski definition) is 1. The Labute approximate surface area is 129 Å². The molecule has 20 heavy (non-hydrogen) atoms. The van der Waals surface area contributed by atoms with Gasteiger partial charge in [0.1, 0.15) is 11.1 Å². The van der Waals surface area contributed by atoms with E-state index in [1.807, 2.05) is 24.3 Å². The van der Waals surface area contributed by atoms with E-state index in [0.717, 1.165) is 15.7 Å². The number of amides is 1. The fourth-order valence-electron chi connectivity index (χ4n) is 2.19. The molecule has 1 aliphatic heterocycles. The van der Waals surface area contributed by atoms with Crippen molar-refractivity contribution in [3.8, 4) is 5.75 Å². The number of nitrogens with zero attached hydrogens (tertiary/aromatic N) is 1. The highest BCUT2D eigenvalue weighted by Gasteiger charge is 2.33. The van der Waals surface area contributed by atoms with Gasteiger partial charge in [0.25, 0.3) is 0 Å². The number of thioether (sulfide) groups is 1. The molecule has 0 unspecified atom stereocenters. The normalized spacial score (nSPS) is 18.6. The number of carbonyl (C=O) groups excluding carboxylic acids is 1. The summed E-state index contributed by atoms with van der Waals surface area (Å²) in [5, 5.41) is 9.35. The standard InChI is InChI=1S/C15H12BrNO2S/c16-11-3-1-10(2-4-11)15-17(14(19)9-20-15)12-5-7-13(18)8-6-12/h1-8,15,18H,9H2/t15-/m1/s1. The zero-order valence-electron chi connectivity index (χ0n) is 10.5. The van der Waals surface area contributed by atoms with E-state index in [9.17, 15) is 9.90 Å². The molecule has 0 spiro atoms. The van der Waals surface area contributed by atoms with Crippen molar-refractivity contribution in [2.24, 2.45) is 0 Å². The maximum absolute atomic E-state index is 12.1. The van der Waals surface area contributed by atoms with Gasteiger partial charge in [0.05, 0.1) is 5.75 Å². The summed E-state index contributed by atoms with van der Waals surface area (Å²) in [6, 6.07) is 14.7. The lowest BCUT2D eigenvalue weighted by molar-refractivity contribution is -0.115. The molecule has 1 fully saturated rings. The summed E-state index contributed by atoms with van der Waals surface area (Å²) in [4.78, 5) is 13.9. The summed E-state index contributed by atoms with van der Waals surface area (Å²) in [5.74, 6) is 0.767. The van der Waals surface area contributed by atoms with Crippen LogP contribution in [0.5, 0.6) is 5.75 Å². The van der Waals surface area contributed by atoms with E-state index < -0.39 is 0 Å². The third-order valence-corrected chi connectivity index (χ3v) is 4.89. The molecule has 1 amide bonds. The van der Waals surface area contributed by atoms with Crippen molar-refractivity contribution >= 4 is 39.3 Å². The number of aromatic hydroxyl groups is 1. The number of halogens is 1. The quantitative estimate of drug-likeness (QED) is 0.892. The highest BCUT2D eigenvalue weighted by atomic mass is 79.9. The lowest BCUT2D eigenvalue weighted by atomic mass is 10.2. The van der Waals surface area contributed by atoms with Gasteiger partial charge in [-0.15, -0.1) is 11.8 Å². The van der Waals surface area contributed by atoms with Crippen molar-refractivity contribution in [2.45, 2.75) is 5.37 Å². The van der Waals surface area contributed by atoms with Gasteiger partial charge in [-0.1, -0.05) is 28.1 Å². The first-order chi connectivity index (χ1) is 9.65. The van der Waals surface area contributed by atoms with Crippen molar-refractivity contribution in [1.82, 2.24) is 0 Å². The molecule has 3 rings (SSSR count). The van der Waals surface area contributed by atoms with Gasteiger partial charge in [-0.05, 0) is 42.0 Å². The Balaban J connectivity index is 1.96. The van der Waals surface area contributed by atoms with Crippen LogP contribution < -0.4 is 4.90 Å². The second kappa shape index (κ2) is 5.50. The van der Waals surface area contributed by atoms with Crippen molar-refractivity contribution in [3.05, 3.63) is 58.6 Å². The minimum absolute atomic E-state index is 0.0138.